The molecule has 10 heteroatoms. The highest BCUT2D eigenvalue weighted by atomic mass is 19.1. The molecule has 2 aromatic heterocycles. The molecule has 0 fully saturated rings. The first-order chi connectivity index (χ1) is 19.0. The molecule has 6 rings (SSSR count). The molecule has 0 amide bonds. The number of aromatic amines is 1. The summed E-state index contributed by atoms with van der Waals surface area (Å²) >= 11 is 0. The number of methoxy groups -OCH3 is 2. The number of benzene rings is 3. The lowest BCUT2D eigenvalue weighted by atomic mass is 9.89. The van der Waals surface area contributed by atoms with Gasteiger partial charge < -0.3 is 18.8 Å². The van der Waals surface area contributed by atoms with E-state index in [1.165, 1.54) is 12.1 Å². The van der Waals surface area contributed by atoms with Crippen molar-refractivity contribution in [3.63, 3.8) is 0 Å². The van der Waals surface area contributed by atoms with Crippen LogP contribution >= 0.6 is 0 Å². The van der Waals surface area contributed by atoms with Crippen LogP contribution in [-0.2, 0) is 24.5 Å². The second-order valence-electron chi connectivity index (χ2n) is 9.24. The second kappa shape index (κ2) is 9.88. The second-order valence-corrected chi connectivity index (χ2v) is 9.24. The molecule has 1 aliphatic rings. The number of rotatable bonds is 6. The SMILES string of the molecule is COCc1nc2cccc(OC)c2n1Cc1ccc2c(c1)COc1cc(F)ccc1C2=C(C)c1noc(=O)[nH]1. The predicted octanol–water partition coefficient (Wildman–Crippen LogP) is 4.93. The van der Waals surface area contributed by atoms with Crippen LogP contribution in [0.4, 0.5) is 4.39 Å². The van der Waals surface area contributed by atoms with Crippen molar-refractivity contribution in [2.75, 3.05) is 14.2 Å². The number of aromatic nitrogens is 4. The third-order valence-corrected chi connectivity index (χ3v) is 6.85. The van der Waals surface area contributed by atoms with Gasteiger partial charge in [-0.25, -0.2) is 14.2 Å². The van der Waals surface area contributed by atoms with Crippen molar-refractivity contribution in [3.8, 4) is 11.5 Å². The Balaban J connectivity index is 1.49. The normalized spacial score (nSPS) is 13.9. The van der Waals surface area contributed by atoms with Gasteiger partial charge in [-0.2, -0.15) is 0 Å². The molecule has 0 saturated carbocycles. The fraction of sp³-hybridized carbons (Fsp3) is 0.207. The molecule has 0 unspecified atom stereocenters. The Kier molecular flexibility index (Phi) is 6.24. The Morgan fingerprint density at radius 2 is 1.97 bits per heavy atom. The minimum Gasteiger partial charge on any atom is -0.494 e. The van der Waals surface area contributed by atoms with Crippen LogP contribution in [0.2, 0.25) is 0 Å². The first-order valence-electron chi connectivity index (χ1n) is 12.3. The molecule has 3 heterocycles. The van der Waals surface area contributed by atoms with Gasteiger partial charge in [0.25, 0.3) is 0 Å². The van der Waals surface area contributed by atoms with Gasteiger partial charge in [0.15, 0.2) is 5.82 Å². The Morgan fingerprint density at radius 3 is 2.74 bits per heavy atom. The van der Waals surface area contributed by atoms with Crippen molar-refractivity contribution in [1.29, 1.82) is 0 Å². The number of hydrogen-bond donors (Lipinski definition) is 1. The molecule has 0 radical (unpaired) electrons. The summed E-state index contributed by atoms with van der Waals surface area (Å²) in [6.45, 7) is 2.92. The van der Waals surface area contributed by atoms with E-state index in [0.717, 1.165) is 44.9 Å². The van der Waals surface area contributed by atoms with E-state index in [4.69, 9.17) is 23.7 Å². The summed E-state index contributed by atoms with van der Waals surface area (Å²) in [7, 11) is 3.28. The van der Waals surface area contributed by atoms with E-state index in [2.05, 4.69) is 20.8 Å². The topological polar surface area (TPSA) is 104 Å². The lowest BCUT2D eigenvalue weighted by Crippen LogP contribution is -2.08. The largest absolute Gasteiger partial charge is 0.494 e. The predicted molar refractivity (Wildman–Crippen MR) is 142 cm³/mol. The van der Waals surface area contributed by atoms with Gasteiger partial charge >= 0.3 is 5.76 Å². The van der Waals surface area contributed by atoms with Crippen molar-refractivity contribution < 1.29 is 23.1 Å². The van der Waals surface area contributed by atoms with Gasteiger partial charge in [-0.15, -0.1) is 0 Å². The van der Waals surface area contributed by atoms with Crippen molar-refractivity contribution in [3.05, 3.63) is 105 Å². The molecule has 0 aliphatic carbocycles. The van der Waals surface area contributed by atoms with Crippen molar-refractivity contribution in [1.82, 2.24) is 19.7 Å². The summed E-state index contributed by atoms with van der Waals surface area (Å²) in [5.74, 6) is 1.14. The average molecular weight is 529 g/mol. The minimum absolute atomic E-state index is 0.227. The van der Waals surface area contributed by atoms with Gasteiger partial charge in [0.2, 0.25) is 0 Å². The molecular weight excluding hydrogens is 503 g/mol. The zero-order chi connectivity index (χ0) is 27.1. The molecule has 39 heavy (non-hydrogen) atoms. The molecule has 9 nitrogen and oxygen atoms in total. The number of halogens is 1. The van der Waals surface area contributed by atoms with E-state index in [1.54, 1.807) is 20.3 Å². The molecule has 198 valence electrons. The van der Waals surface area contributed by atoms with Crippen LogP contribution in [0, 0.1) is 5.82 Å². The van der Waals surface area contributed by atoms with E-state index < -0.39 is 11.6 Å². The number of nitrogens with zero attached hydrogens (tertiary/aromatic N) is 3. The van der Waals surface area contributed by atoms with E-state index in [9.17, 15) is 9.18 Å². The Labute approximate surface area is 222 Å². The van der Waals surface area contributed by atoms with Crippen molar-refractivity contribution >= 4 is 22.2 Å². The standard InChI is InChI=1S/C29H25FN4O5/c1-16(28-32-29(35)39-33-28)26-20-9-7-17(11-18(20)14-38-24-12-19(30)8-10-21(24)26)13-34-25(15-36-2)31-22-5-4-6-23(37-3)27(22)34/h4-12H,13-15H2,1-3H3,(H,32,33,35). The summed E-state index contributed by atoms with van der Waals surface area (Å²) < 4.78 is 38.2. The van der Waals surface area contributed by atoms with E-state index in [0.29, 0.717) is 35.9 Å². The van der Waals surface area contributed by atoms with Gasteiger partial charge in [-0.3, -0.25) is 9.51 Å². The summed E-state index contributed by atoms with van der Waals surface area (Å²) in [6.07, 6.45) is 0. The molecular formula is C29H25FN4O5. The molecule has 3 aromatic carbocycles. The van der Waals surface area contributed by atoms with Crippen LogP contribution in [0.15, 0.2) is 63.9 Å². The number of H-pyrrole nitrogens is 1. The molecule has 1 aliphatic heterocycles. The smallest absolute Gasteiger partial charge is 0.439 e. The number of para-hydroxylation sites is 1. The third kappa shape index (κ3) is 4.38. The molecule has 0 bridgehead atoms. The van der Waals surface area contributed by atoms with Crippen LogP contribution in [-0.4, -0.2) is 33.9 Å². The number of ether oxygens (including phenoxy) is 3. The fourth-order valence-corrected chi connectivity index (χ4v) is 5.10. The minimum atomic E-state index is -0.653. The first kappa shape index (κ1) is 24.6. The highest BCUT2D eigenvalue weighted by Crippen LogP contribution is 2.41. The van der Waals surface area contributed by atoms with Crippen molar-refractivity contribution in [2.45, 2.75) is 26.7 Å². The lowest BCUT2D eigenvalue weighted by molar-refractivity contribution is 0.175. The van der Waals surface area contributed by atoms with Crippen LogP contribution < -0.4 is 15.2 Å². The number of hydrogen-bond acceptors (Lipinski definition) is 7. The molecule has 0 atom stereocenters. The highest BCUT2D eigenvalue weighted by molar-refractivity contribution is 5.99. The molecule has 0 saturated heterocycles. The Bertz CT molecular complexity index is 1800. The molecule has 0 spiro atoms. The Morgan fingerprint density at radius 1 is 1.13 bits per heavy atom. The average Bonchev–Trinajstić information content (AvgIpc) is 3.48. The van der Waals surface area contributed by atoms with Gasteiger partial charge in [0, 0.05) is 30.9 Å². The summed E-state index contributed by atoms with van der Waals surface area (Å²) in [6, 6.07) is 16.3. The Hall–Kier alpha value is -4.70. The highest BCUT2D eigenvalue weighted by Gasteiger charge is 2.24. The van der Waals surface area contributed by atoms with Crippen LogP contribution in [0.1, 0.15) is 40.8 Å². The zero-order valence-electron chi connectivity index (χ0n) is 21.6. The quantitative estimate of drug-likeness (QED) is 0.333. The summed E-state index contributed by atoms with van der Waals surface area (Å²) in [4.78, 5) is 19.1. The van der Waals surface area contributed by atoms with Crippen LogP contribution in [0.25, 0.3) is 22.2 Å². The number of nitrogens with one attached hydrogen (secondary N) is 1. The summed E-state index contributed by atoms with van der Waals surface area (Å²) in [5, 5.41) is 3.88. The fourth-order valence-electron chi connectivity index (χ4n) is 5.10. The van der Waals surface area contributed by atoms with E-state index in [-0.39, 0.29) is 6.61 Å². The van der Waals surface area contributed by atoms with E-state index in [1.807, 2.05) is 37.3 Å². The van der Waals surface area contributed by atoms with Gasteiger partial charge in [-0.1, -0.05) is 23.4 Å². The van der Waals surface area contributed by atoms with Gasteiger partial charge in [-0.05, 0) is 59.5 Å². The maximum absolute atomic E-state index is 14.2. The number of imidazole rings is 1. The van der Waals surface area contributed by atoms with Gasteiger partial charge in [0.05, 0.1) is 12.6 Å². The zero-order valence-corrected chi connectivity index (χ0v) is 21.6. The van der Waals surface area contributed by atoms with Crippen LogP contribution in [0.5, 0.6) is 11.5 Å². The number of allylic oxidation sites excluding steroid dienone is 1. The van der Waals surface area contributed by atoms with E-state index >= 15 is 0 Å². The van der Waals surface area contributed by atoms with Crippen molar-refractivity contribution in [2.24, 2.45) is 0 Å². The lowest BCUT2D eigenvalue weighted by Gasteiger charge is -2.15. The maximum atomic E-state index is 14.2. The molecule has 5 aromatic rings. The third-order valence-electron chi connectivity index (χ3n) is 6.85. The van der Waals surface area contributed by atoms with Gasteiger partial charge in [0.1, 0.15) is 41.9 Å². The van der Waals surface area contributed by atoms with Crippen LogP contribution in [0.3, 0.4) is 0 Å². The maximum Gasteiger partial charge on any atom is 0.439 e. The summed E-state index contributed by atoms with van der Waals surface area (Å²) in [5.41, 5.74) is 6.61. The number of fused-ring (bicyclic) bond motifs is 3. The molecule has 1 N–H and O–H groups in total. The monoisotopic (exact) mass is 528 g/mol. The first-order valence-corrected chi connectivity index (χ1v) is 12.3.